The van der Waals surface area contributed by atoms with E-state index in [-0.39, 0.29) is 5.50 Å². The van der Waals surface area contributed by atoms with Crippen LogP contribution >= 0.6 is 11.8 Å². The summed E-state index contributed by atoms with van der Waals surface area (Å²) in [5, 5.41) is 2.18. The zero-order valence-corrected chi connectivity index (χ0v) is 9.70. The number of hydrogen-bond donors (Lipinski definition) is 1. The van der Waals surface area contributed by atoms with Crippen molar-refractivity contribution in [1.29, 1.82) is 0 Å². The van der Waals surface area contributed by atoms with Crippen molar-refractivity contribution in [2.45, 2.75) is 25.3 Å². The van der Waals surface area contributed by atoms with Crippen molar-refractivity contribution in [3.05, 3.63) is 41.4 Å². The zero-order chi connectivity index (χ0) is 10.7. The Morgan fingerprint density at radius 1 is 1.33 bits per heavy atom. The van der Waals surface area contributed by atoms with Crippen molar-refractivity contribution in [3.8, 4) is 0 Å². The Labute approximate surface area is 95.1 Å². The summed E-state index contributed by atoms with van der Waals surface area (Å²) in [4.78, 5) is 2.22. The van der Waals surface area contributed by atoms with Gasteiger partial charge in [0.2, 0.25) is 0 Å². The molecule has 0 amide bonds. The molecule has 3 heteroatoms. The standard InChI is InChI=1S/C12H16N2S/c1-2-6-11-9-15-12(13)14(11)10-7-4-3-5-8-10/h3-5,7-9,12H,2,6,13H2,1H3. The minimum absolute atomic E-state index is 0.0361. The summed E-state index contributed by atoms with van der Waals surface area (Å²) in [6, 6.07) is 10.3. The number of benzene rings is 1. The molecular formula is C12H16N2S. The number of anilines is 1. The molecule has 1 aromatic rings. The van der Waals surface area contributed by atoms with Gasteiger partial charge in [-0.1, -0.05) is 43.3 Å². The Morgan fingerprint density at radius 3 is 2.73 bits per heavy atom. The van der Waals surface area contributed by atoms with E-state index in [1.54, 1.807) is 11.8 Å². The molecule has 1 atom stereocenters. The fourth-order valence-corrected chi connectivity index (χ4v) is 2.67. The van der Waals surface area contributed by atoms with Gasteiger partial charge in [-0.2, -0.15) is 0 Å². The molecule has 80 valence electrons. The third kappa shape index (κ3) is 2.19. The molecule has 0 aromatic heterocycles. The molecule has 2 nitrogen and oxygen atoms in total. The van der Waals surface area contributed by atoms with Crippen LogP contribution in [0.1, 0.15) is 19.8 Å². The summed E-state index contributed by atoms with van der Waals surface area (Å²) in [7, 11) is 0. The van der Waals surface area contributed by atoms with Gasteiger partial charge in [-0.05, 0) is 24.0 Å². The van der Waals surface area contributed by atoms with Crippen LogP contribution in [0.2, 0.25) is 0 Å². The quantitative estimate of drug-likeness (QED) is 0.848. The average molecular weight is 220 g/mol. The Morgan fingerprint density at radius 2 is 2.07 bits per heavy atom. The van der Waals surface area contributed by atoms with Crippen LogP contribution in [0, 0.1) is 0 Å². The van der Waals surface area contributed by atoms with Gasteiger partial charge in [0.15, 0.2) is 0 Å². The van der Waals surface area contributed by atoms with E-state index in [9.17, 15) is 0 Å². The highest BCUT2D eigenvalue weighted by molar-refractivity contribution is 8.03. The second-order valence-electron chi connectivity index (χ2n) is 3.59. The molecule has 0 saturated heterocycles. The maximum atomic E-state index is 6.07. The maximum Gasteiger partial charge on any atom is 0.133 e. The van der Waals surface area contributed by atoms with E-state index in [0.29, 0.717) is 0 Å². The lowest BCUT2D eigenvalue weighted by molar-refractivity contribution is 0.801. The van der Waals surface area contributed by atoms with E-state index in [4.69, 9.17) is 5.73 Å². The number of nitrogens with two attached hydrogens (primary N) is 1. The minimum Gasteiger partial charge on any atom is -0.319 e. The van der Waals surface area contributed by atoms with Gasteiger partial charge >= 0.3 is 0 Å². The first-order chi connectivity index (χ1) is 7.33. The molecular weight excluding hydrogens is 204 g/mol. The molecule has 0 saturated carbocycles. The van der Waals surface area contributed by atoms with Crippen LogP contribution in [-0.2, 0) is 0 Å². The van der Waals surface area contributed by atoms with Gasteiger partial charge < -0.3 is 10.6 Å². The average Bonchev–Trinajstić information content (AvgIpc) is 2.62. The lowest BCUT2D eigenvalue weighted by Gasteiger charge is -2.26. The van der Waals surface area contributed by atoms with Crippen molar-refractivity contribution >= 4 is 17.4 Å². The predicted octanol–water partition coefficient (Wildman–Crippen LogP) is 3.12. The van der Waals surface area contributed by atoms with E-state index in [1.807, 2.05) is 6.07 Å². The molecule has 0 aliphatic carbocycles. The summed E-state index contributed by atoms with van der Waals surface area (Å²) in [6.07, 6.45) is 2.25. The number of nitrogens with zero attached hydrogens (tertiary/aromatic N) is 1. The van der Waals surface area contributed by atoms with Crippen LogP contribution in [0.25, 0.3) is 0 Å². The predicted molar refractivity (Wildman–Crippen MR) is 67.5 cm³/mol. The van der Waals surface area contributed by atoms with Gasteiger partial charge in [-0.25, -0.2) is 0 Å². The van der Waals surface area contributed by atoms with E-state index in [2.05, 4.69) is 41.5 Å². The summed E-state index contributed by atoms with van der Waals surface area (Å²) in [5.41, 5.74) is 8.63. The lowest BCUT2D eigenvalue weighted by Crippen LogP contribution is -2.35. The summed E-state index contributed by atoms with van der Waals surface area (Å²) in [5.74, 6) is 0. The van der Waals surface area contributed by atoms with Gasteiger partial charge in [0.1, 0.15) is 5.50 Å². The molecule has 2 N–H and O–H groups in total. The normalized spacial score (nSPS) is 20.5. The highest BCUT2D eigenvalue weighted by Crippen LogP contribution is 2.34. The smallest absolute Gasteiger partial charge is 0.133 e. The van der Waals surface area contributed by atoms with Gasteiger partial charge in [0, 0.05) is 11.4 Å². The monoisotopic (exact) mass is 220 g/mol. The van der Waals surface area contributed by atoms with Crippen LogP contribution in [0.4, 0.5) is 5.69 Å². The van der Waals surface area contributed by atoms with E-state index in [1.165, 1.54) is 11.4 Å². The molecule has 15 heavy (non-hydrogen) atoms. The minimum atomic E-state index is 0.0361. The van der Waals surface area contributed by atoms with Gasteiger partial charge in [0.05, 0.1) is 0 Å². The first kappa shape index (κ1) is 10.6. The van der Waals surface area contributed by atoms with Crippen molar-refractivity contribution in [2.24, 2.45) is 5.73 Å². The van der Waals surface area contributed by atoms with Crippen molar-refractivity contribution < 1.29 is 0 Å². The largest absolute Gasteiger partial charge is 0.319 e. The zero-order valence-electron chi connectivity index (χ0n) is 8.89. The molecule has 1 heterocycles. The van der Waals surface area contributed by atoms with Crippen LogP contribution in [0.3, 0.4) is 0 Å². The molecule has 1 unspecified atom stereocenters. The summed E-state index contributed by atoms with van der Waals surface area (Å²) >= 11 is 1.69. The van der Waals surface area contributed by atoms with Crippen molar-refractivity contribution in [2.75, 3.05) is 4.90 Å². The Kier molecular flexibility index (Phi) is 3.34. The van der Waals surface area contributed by atoms with Crippen molar-refractivity contribution in [3.63, 3.8) is 0 Å². The van der Waals surface area contributed by atoms with Crippen LogP contribution in [0.5, 0.6) is 0 Å². The number of para-hydroxylation sites is 1. The fourth-order valence-electron chi connectivity index (χ4n) is 1.77. The highest BCUT2D eigenvalue weighted by Gasteiger charge is 2.23. The summed E-state index contributed by atoms with van der Waals surface area (Å²) < 4.78 is 0. The van der Waals surface area contributed by atoms with E-state index in [0.717, 1.165) is 12.8 Å². The third-order valence-electron chi connectivity index (χ3n) is 2.45. The molecule has 1 aliphatic rings. The summed E-state index contributed by atoms with van der Waals surface area (Å²) in [6.45, 7) is 2.19. The SMILES string of the molecule is CCCC1=CSC(N)N1c1ccccc1. The first-order valence-electron chi connectivity index (χ1n) is 5.27. The molecule has 0 bridgehead atoms. The topological polar surface area (TPSA) is 29.3 Å². The van der Waals surface area contributed by atoms with Gasteiger partial charge in [-0.15, -0.1) is 0 Å². The molecule has 2 rings (SSSR count). The Balaban J connectivity index is 2.23. The van der Waals surface area contributed by atoms with E-state index < -0.39 is 0 Å². The lowest BCUT2D eigenvalue weighted by atomic mass is 10.2. The van der Waals surface area contributed by atoms with Crippen LogP contribution in [0.15, 0.2) is 41.4 Å². The molecule has 0 radical (unpaired) electrons. The Bertz CT molecular complexity index is 348. The Hall–Kier alpha value is -0.930. The molecule has 0 fully saturated rings. The highest BCUT2D eigenvalue weighted by atomic mass is 32.2. The molecule has 1 aromatic carbocycles. The first-order valence-corrected chi connectivity index (χ1v) is 6.21. The van der Waals surface area contributed by atoms with Crippen LogP contribution < -0.4 is 10.6 Å². The van der Waals surface area contributed by atoms with Crippen molar-refractivity contribution in [1.82, 2.24) is 0 Å². The van der Waals surface area contributed by atoms with E-state index >= 15 is 0 Å². The van der Waals surface area contributed by atoms with Crippen LogP contribution in [-0.4, -0.2) is 5.50 Å². The number of thioether (sulfide) groups is 1. The second-order valence-corrected chi connectivity index (χ2v) is 4.58. The second kappa shape index (κ2) is 4.73. The van der Waals surface area contributed by atoms with Gasteiger partial charge in [-0.3, -0.25) is 0 Å². The molecule has 1 aliphatic heterocycles. The number of allylic oxidation sites excluding steroid dienone is 1. The maximum absolute atomic E-state index is 6.07. The molecule has 0 spiro atoms. The fraction of sp³-hybridized carbons (Fsp3) is 0.333. The number of rotatable bonds is 3. The number of hydrogen-bond acceptors (Lipinski definition) is 3. The van der Waals surface area contributed by atoms with Gasteiger partial charge in [0.25, 0.3) is 0 Å². The third-order valence-corrected chi connectivity index (χ3v) is 3.35.